The molecule has 0 aliphatic rings. The molecule has 0 radical (unpaired) electrons. The Bertz CT molecular complexity index is 828. The second-order valence-electron chi connectivity index (χ2n) is 5.66. The summed E-state index contributed by atoms with van der Waals surface area (Å²) in [4.78, 5) is 0. The zero-order valence-corrected chi connectivity index (χ0v) is 15.4. The van der Waals surface area contributed by atoms with Crippen LogP contribution in [0.3, 0.4) is 0 Å². The highest BCUT2D eigenvalue weighted by atomic mass is 35.5. The highest BCUT2D eigenvalue weighted by Gasteiger charge is 2.09. The molecule has 1 N–H and O–H groups in total. The molecule has 0 amide bonds. The Labute approximate surface area is 157 Å². The minimum Gasteiger partial charge on any atom is -0.497 e. The molecule has 2 aromatic carbocycles. The van der Waals surface area contributed by atoms with Crippen LogP contribution in [0.4, 0.5) is 0 Å². The van der Waals surface area contributed by atoms with Crippen molar-refractivity contribution in [3.8, 4) is 17.1 Å². The van der Waals surface area contributed by atoms with Crippen LogP contribution in [0.25, 0.3) is 11.3 Å². The van der Waals surface area contributed by atoms with E-state index in [1.165, 1.54) is 5.56 Å². The zero-order valence-electron chi connectivity index (χ0n) is 13.9. The Morgan fingerprint density at radius 1 is 1.00 bits per heavy atom. The normalized spacial score (nSPS) is 10.8. The van der Waals surface area contributed by atoms with E-state index in [2.05, 4.69) is 17.4 Å². The van der Waals surface area contributed by atoms with Crippen molar-refractivity contribution in [3.63, 3.8) is 0 Å². The van der Waals surface area contributed by atoms with Gasteiger partial charge in [-0.05, 0) is 61.0 Å². The summed E-state index contributed by atoms with van der Waals surface area (Å²) in [6.45, 7) is 1.52. The van der Waals surface area contributed by atoms with Crippen molar-refractivity contribution in [3.05, 3.63) is 76.0 Å². The largest absolute Gasteiger partial charge is 0.497 e. The van der Waals surface area contributed by atoms with Gasteiger partial charge in [-0.25, -0.2) is 0 Å². The molecule has 3 rings (SSSR count). The van der Waals surface area contributed by atoms with E-state index in [-0.39, 0.29) is 0 Å². The lowest BCUT2D eigenvalue weighted by atomic mass is 10.1. The van der Waals surface area contributed by atoms with Crippen molar-refractivity contribution < 1.29 is 9.15 Å². The first-order chi connectivity index (χ1) is 12.2. The fraction of sp³-hybridized carbons (Fsp3) is 0.200. The minimum atomic E-state index is 0.623. The first-order valence-corrected chi connectivity index (χ1v) is 8.79. The predicted octanol–water partition coefficient (Wildman–Crippen LogP) is 5.59. The van der Waals surface area contributed by atoms with Gasteiger partial charge in [-0.15, -0.1) is 0 Å². The van der Waals surface area contributed by atoms with Crippen LogP contribution in [0.15, 0.2) is 59.0 Å². The van der Waals surface area contributed by atoms with Crippen molar-refractivity contribution in [2.45, 2.75) is 13.0 Å². The standard InChI is InChI=1S/C20H19Cl2NO2/c1-24-16-5-2-14(3-6-16)10-11-23-13-17-7-9-20(25-17)18-12-15(21)4-8-19(18)22/h2-9,12,23H,10-11,13H2,1H3. The summed E-state index contributed by atoms with van der Waals surface area (Å²) in [5, 5.41) is 4.64. The quantitative estimate of drug-likeness (QED) is 0.546. The Hall–Kier alpha value is -1.94. The number of halogens is 2. The van der Waals surface area contributed by atoms with E-state index < -0.39 is 0 Å². The summed E-state index contributed by atoms with van der Waals surface area (Å²) < 4.78 is 11.0. The molecule has 130 valence electrons. The number of methoxy groups -OCH3 is 1. The number of ether oxygens (including phenoxy) is 1. The van der Waals surface area contributed by atoms with Gasteiger partial charge in [-0.1, -0.05) is 35.3 Å². The van der Waals surface area contributed by atoms with Crippen LogP contribution in [0.5, 0.6) is 5.75 Å². The molecule has 0 saturated carbocycles. The van der Waals surface area contributed by atoms with E-state index in [1.807, 2.05) is 30.3 Å². The van der Waals surface area contributed by atoms with Crippen LogP contribution in [0, 0.1) is 0 Å². The summed E-state index contributed by atoms with van der Waals surface area (Å²) in [5.41, 5.74) is 2.07. The van der Waals surface area contributed by atoms with Crippen molar-refractivity contribution >= 4 is 23.2 Å². The minimum absolute atomic E-state index is 0.623. The van der Waals surface area contributed by atoms with Gasteiger partial charge in [0.25, 0.3) is 0 Å². The first-order valence-electron chi connectivity index (χ1n) is 8.03. The van der Waals surface area contributed by atoms with Gasteiger partial charge in [0.1, 0.15) is 17.3 Å². The maximum Gasteiger partial charge on any atom is 0.135 e. The third kappa shape index (κ3) is 4.79. The van der Waals surface area contributed by atoms with Gasteiger partial charge in [-0.2, -0.15) is 0 Å². The maximum absolute atomic E-state index is 6.21. The van der Waals surface area contributed by atoms with Crippen LogP contribution in [0.2, 0.25) is 10.0 Å². The highest BCUT2D eigenvalue weighted by Crippen LogP contribution is 2.31. The molecule has 0 unspecified atom stereocenters. The van der Waals surface area contributed by atoms with Crippen molar-refractivity contribution in [1.82, 2.24) is 5.32 Å². The predicted molar refractivity (Wildman–Crippen MR) is 103 cm³/mol. The van der Waals surface area contributed by atoms with Crippen LogP contribution in [-0.2, 0) is 13.0 Å². The molecule has 0 saturated heterocycles. The third-order valence-electron chi connectivity index (χ3n) is 3.90. The number of benzene rings is 2. The molecule has 3 aromatic rings. The monoisotopic (exact) mass is 375 g/mol. The van der Waals surface area contributed by atoms with Crippen LogP contribution < -0.4 is 10.1 Å². The molecule has 3 nitrogen and oxygen atoms in total. The Morgan fingerprint density at radius 3 is 2.56 bits per heavy atom. The number of rotatable bonds is 7. The topological polar surface area (TPSA) is 34.4 Å². The summed E-state index contributed by atoms with van der Waals surface area (Å²) in [5.74, 6) is 2.46. The summed E-state index contributed by atoms with van der Waals surface area (Å²) in [6, 6.07) is 17.3. The molecule has 1 aromatic heterocycles. The number of furan rings is 1. The van der Waals surface area contributed by atoms with Gasteiger partial charge in [0, 0.05) is 10.6 Å². The molecule has 5 heteroatoms. The molecule has 0 aliphatic carbocycles. The van der Waals surface area contributed by atoms with E-state index in [9.17, 15) is 0 Å². The molecule has 0 fully saturated rings. The van der Waals surface area contributed by atoms with E-state index in [4.69, 9.17) is 32.4 Å². The van der Waals surface area contributed by atoms with E-state index >= 15 is 0 Å². The maximum atomic E-state index is 6.21. The molecular weight excluding hydrogens is 357 g/mol. The molecule has 25 heavy (non-hydrogen) atoms. The molecular formula is C20H19Cl2NO2. The van der Waals surface area contributed by atoms with Crippen molar-refractivity contribution in [2.75, 3.05) is 13.7 Å². The van der Waals surface area contributed by atoms with Crippen molar-refractivity contribution in [1.29, 1.82) is 0 Å². The number of hydrogen-bond acceptors (Lipinski definition) is 3. The van der Waals surface area contributed by atoms with Gasteiger partial charge in [0.2, 0.25) is 0 Å². The van der Waals surface area contributed by atoms with Gasteiger partial charge >= 0.3 is 0 Å². The lowest BCUT2D eigenvalue weighted by Crippen LogP contribution is -2.16. The van der Waals surface area contributed by atoms with Crippen LogP contribution >= 0.6 is 23.2 Å². The van der Waals surface area contributed by atoms with Gasteiger partial charge in [0.15, 0.2) is 0 Å². The second-order valence-corrected chi connectivity index (χ2v) is 6.51. The van der Waals surface area contributed by atoms with Crippen molar-refractivity contribution in [2.24, 2.45) is 0 Å². The average Bonchev–Trinajstić information content (AvgIpc) is 3.10. The summed E-state index contributed by atoms with van der Waals surface area (Å²) in [6.07, 6.45) is 0.942. The Balaban J connectivity index is 1.52. The fourth-order valence-electron chi connectivity index (χ4n) is 2.54. The smallest absolute Gasteiger partial charge is 0.135 e. The van der Waals surface area contributed by atoms with Gasteiger partial charge in [0.05, 0.1) is 18.7 Å². The number of nitrogens with one attached hydrogen (secondary N) is 1. The van der Waals surface area contributed by atoms with Gasteiger partial charge < -0.3 is 14.5 Å². The average molecular weight is 376 g/mol. The summed E-state index contributed by atoms with van der Waals surface area (Å²) >= 11 is 12.2. The van der Waals surface area contributed by atoms with E-state index in [0.29, 0.717) is 16.6 Å². The van der Waals surface area contributed by atoms with Gasteiger partial charge in [-0.3, -0.25) is 0 Å². The number of hydrogen-bond donors (Lipinski definition) is 1. The van der Waals surface area contributed by atoms with Crippen LogP contribution in [-0.4, -0.2) is 13.7 Å². The Morgan fingerprint density at radius 2 is 1.80 bits per heavy atom. The third-order valence-corrected chi connectivity index (χ3v) is 4.47. The summed E-state index contributed by atoms with van der Waals surface area (Å²) in [7, 11) is 1.67. The molecule has 0 bridgehead atoms. The zero-order chi connectivity index (χ0) is 17.6. The second kappa shape index (κ2) is 8.43. The van der Waals surface area contributed by atoms with E-state index in [1.54, 1.807) is 19.2 Å². The SMILES string of the molecule is COc1ccc(CCNCc2ccc(-c3cc(Cl)ccc3Cl)o2)cc1. The molecule has 0 atom stereocenters. The lowest BCUT2D eigenvalue weighted by molar-refractivity contribution is 0.414. The lowest BCUT2D eigenvalue weighted by Gasteiger charge is -2.05. The molecule has 0 aliphatic heterocycles. The highest BCUT2D eigenvalue weighted by molar-refractivity contribution is 6.35. The van der Waals surface area contributed by atoms with E-state index in [0.717, 1.165) is 35.8 Å². The molecule has 0 spiro atoms. The van der Waals surface area contributed by atoms with Crippen LogP contribution in [0.1, 0.15) is 11.3 Å². The fourth-order valence-corrected chi connectivity index (χ4v) is 2.92. The molecule has 1 heterocycles. The Kier molecular flexibility index (Phi) is 6.03. The first kappa shape index (κ1) is 17.9.